The predicted molar refractivity (Wildman–Crippen MR) is 54.1 cm³/mol. The highest BCUT2D eigenvalue weighted by atomic mass is 16.6. The number of hydrogen-bond acceptors (Lipinski definition) is 4. The van der Waals surface area contributed by atoms with Gasteiger partial charge in [-0.25, -0.2) is 0 Å². The highest BCUT2D eigenvalue weighted by molar-refractivity contribution is 5.96. The largest absolute Gasteiger partial charge is 0.468 e. The van der Waals surface area contributed by atoms with E-state index < -0.39 is 23.5 Å². The molecule has 1 aliphatic rings. The quantitative estimate of drug-likeness (QED) is 0.527. The summed E-state index contributed by atoms with van der Waals surface area (Å²) in [4.78, 5) is 22.7. The van der Waals surface area contributed by atoms with E-state index in [-0.39, 0.29) is 0 Å². The van der Waals surface area contributed by atoms with Crippen LogP contribution in [-0.4, -0.2) is 24.6 Å². The molecule has 1 aliphatic heterocycles. The number of ether oxygens (including phenoxy) is 2. The molecule has 0 saturated carbocycles. The van der Waals surface area contributed by atoms with Gasteiger partial charge in [-0.15, -0.1) is 0 Å². The van der Waals surface area contributed by atoms with Crippen molar-refractivity contribution in [1.82, 2.24) is 0 Å². The lowest BCUT2D eigenvalue weighted by atomic mass is 9.91. The first-order chi connectivity index (χ1) is 7.02. The minimum absolute atomic E-state index is 0.443. The Balaban J connectivity index is 2.61. The number of carbonyl (C=O) groups excluding carboxylic acids is 2. The molecular weight excluding hydrogens is 196 g/mol. The van der Waals surface area contributed by atoms with Crippen LogP contribution in [0.2, 0.25) is 0 Å². The van der Waals surface area contributed by atoms with Crippen LogP contribution >= 0.6 is 0 Å². The van der Waals surface area contributed by atoms with Crippen LogP contribution in [0.25, 0.3) is 0 Å². The molecule has 15 heavy (non-hydrogen) atoms. The maximum atomic E-state index is 11.4. The van der Waals surface area contributed by atoms with Gasteiger partial charge in [0.05, 0.1) is 7.11 Å². The summed E-state index contributed by atoms with van der Waals surface area (Å²) < 4.78 is 9.81. The van der Waals surface area contributed by atoms with Crippen molar-refractivity contribution in [2.24, 2.45) is 5.92 Å². The fourth-order valence-corrected chi connectivity index (χ4v) is 1.90. The van der Waals surface area contributed by atoms with E-state index in [1.807, 2.05) is 6.92 Å². The van der Waals surface area contributed by atoms with Gasteiger partial charge in [0, 0.05) is 6.42 Å². The van der Waals surface area contributed by atoms with Gasteiger partial charge in [-0.1, -0.05) is 13.3 Å². The predicted octanol–water partition coefficient (Wildman–Crippen LogP) is 1.67. The lowest BCUT2D eigenvalue weighted by molar-refractivity contribution is -0.157. The third kappa shape index (κ3) is 2.70. The highest BCUT2D eigenvalue weighted by Crippen LogP contribution is 2.35. The van der Waals surface area contributed by atoms with Gasteiger partial charge < -0.3 is 9.47 Å². The normalized spacial score (nSPS) is 30.1. The Morgan fingerprint density at radius 1 is 1.67 bits per heavy atom. The first-order valence-corrected chi connectivity index (χ1v) is 5.33. The van der Waals surface area contributed by atoms with E-state index in [4.69, 9.17) is 4.74 Å². The van der Waals surface area contributed by atoms with Gasteiger partial charge in [0.1, 0.15) is 5.60 Å². The molecule has 1 rings (SSSR count). The van der Waals surface area contributed by atoms with Crippen LogP contribution in [0.15, 0.2) is 0 Å². The van der Waals surface area contributed by atoms with E-state index in [9.17, 15) is 9.59 Å². The Morgan fingerprint density at radius 2 is 2.33 bits per heavy atom. The monoisotopic (exact) mass is 214 g/mol. The number of hydrogen-bond donors (Lipinski definition) is 0. The van der Waals surface area contributed by atoms with Crippen molar-refractivity contribution in [2.45, 2.75) is 45.1 Å². The van der Waals surface area contributed by atoms with Crippen LogP contribution in [0.5, 0.6) is 0 Å². The zero-order valence-electron chi connectivity index (χ0n) is 9.54. The Morgan fingerprint density at radius 3 is 2.87 bits per heavy atom. The molecular formula is C11H18O4. The maximum Gasteiger partial charge on any atom is 0.321 e. The van der Waals surface area contributed by atoms with Crippen LogP contribution in [0, 0.1) is 5.92 Å². The SMILES string of the molecule is CCCC[C@@]1(C)C[C@H](C(=O)OC)C(=O)O1. The molecule has 0 radical (unpaired) electrons. The molecule has 1 heterocycles. The summed E-state index contributed by atoms with van der Waals surface area (Å²) in [6.07, 6.45) is 3.30. The number of unbranched alkanes of at least 4 members (excludes halogenated alkanes) is 1. The van der Waals surface area contributed by atoms with Gasteiger partial charge in [0.25, 0.3) is 0 Å². The molecule has 1 fully saturated rings. The number of esters is 2. The van der Waals surface area contributed by atoms with Crippen molar-refractivity contribution < 1.29 is 19.1 Å². The lowest BCUT2D eigenvalue weighted by Gasteiger charge is -2.21. The first-order valence-electron chi connectivity index (χ1n) is 5.33. The number of cyclic esters (lactones) is 1. The van der Waals surface area contributed by atoms with Crippen LogP contribution in [0.4, 0.5) is 0 Å². The zero-order valence-corrected chi connectivity index (χ0v) is 9.54. The highest BCUT2D eigenvalue weighted by Gasteiger charge is 2.47. The molecule has 0 N–H and O–H groups in total. The average molecular weight is 214 g/mol. The summed E-state index contributed by atoms with van der Waals surface area (Å²) in [5.74, 6) is -1.66. The first kappa shape index (κ1) is 12.0. The molecule has 0 spiro atoms. The van der Waals surface area contributed by atoms with E-state index >= 15 is 0 Å². The van der Waals surface area contributed by atoms with Gasteiger partial charge in [-0.2, -0.15) is 0 Å². The van der Waals surface area contributed by atoms with Crippen molar-refractivity contribution in [3.05, 3.63) is 0 Å². The average Bonchev–Trinajstić information content (AvgIpc) is 2.51. The molecule has 1 saturated heterocycles. The molecule has 0 aliphatic carbocycles. The summed E-state index contributed by atoms with van der Waals surface area (Å²) in [5, 5.41) is 0. The van der Waals surface area contributed by atoms with E-state index in [1.54, 1.807) is 0 Å². The summed E-state index contributed by atoms with van der Waals surface area (Å²) in [5.41, 5.74) is -0.480. The summed E-state index contributed by atoms with van der Waals surface area (Å²) in [6.45, 7) is 3.96. The molecule has 0 aromatic heterocycles. The molecule has 0 bridgehead atoms. The molecule has 0 unspecified atom stereocenters. The minimum atomic E-state index is -0.725. The van der Waals surface area contributed by atoms with Gasteiger partial charge in [0.15, 0.2) is 5.92 Å². The van der Waals surface area contributed by atoms with Crippen LogP contribution in [0.1, 0.15) is 39.5 Å². The van der Waals surface area contributed by atoms with E-state index in [0.717, 1.165) is 19.3 Å². The molecule has 0 aromatic rings. The van der Waals surface area contributed by atoms with E-state index in [2.05, 4.69) is 11.7 Å². The molecule has 4 nitrogen and oxygen atoms in total. The van der Waals surface area contributed by atoms with Crippen LogP contribution in [-0.2, 0) is 19.1 Å². The molecule has 2 atom stereocenters. The fourth-order valence-electron chi connectivity index (χ4n) is 1.90. The van der Waals surface area contributed by atoms with Crippen LogP contribution in [0.3, 0.4) is 0 Å². The number of rotatable bonds is 4. The Labute approximate surface area is 89.9 Å². The Kier molecular flexibility index (Phi) is 3.72. The summed E-state index contributed by atoms with van der Waals surface area (Å²) >= 11 is 0. The van der Waals surface area contributed by atoms with Crippen molar-refractivity contribution in [1.29, 1.82) is 0 Å². The second kappa shape index (κ2) is 4.64. The smallest absolute Gasteiger partial charge is 0.321 e. The molecule has 4 heteroatoms. The fraction of sp³-hybridized carbons (Fsp3) is 0.818. The number of methoxy groups -OCH3 is 1. The van der Waals surface area contributed by atoms with Gasteiger partial charge in [-0.3, -0.25) is 9.59 Å². The van der Waals surface area contributed by atoms with Gasteiger partial charge in [-0.05, 0) is 19.8 Å². The van der Waals surface area contributed by atoms with Gasteiger partial charge in [0.2, 0.25) is 0 Å². The Bertz CT molecular complexity index is 261. The molecule has 0 amide bonds. The topological polar surface area (TPSA) is 52.6 Å². The second-order valence-corrected chi connectivity index (χ2v) is 4.25. The van der Waals surface area contributed by atoms with Crippen molar-refractivity contribution in [2.75, 3.05) is 7.11 Å². The van der Waals surface area contributed by atoms with Gasteiger partial charge >= 0.3 is 11.9 Å². The summed E-state index contributed by atoms with van der Waals surface area (Å²) in [6, 6.07) is 0. The number of carbonyl (C=O) groups is 2. The zero-order chi connectivity index (χ0) is 11.5. The van der Waals surface area contributed by atoms with E-state index in [0.29, 0.717) is 6.42 Å². The van der Waals surface area contributed by atoms with Crippen molar-refractivity contribution in [3.8, 4) is 0 Å². The summed E-state index contributed by atoms with van der Waals surface area (Å²) in [7, 11) is 1.29. The Hall–Kier alpha value is -1.06. The third-order valence-electron chi connectivity index (χ3n) is 2.81. The molecule has 0 aromatic carbocycles. The van der Waals surface area contributed by atoms with Crippen LogP contribution < -0.4 is 0 Å². The van der Waals surface area contributed by atoms with Crippen molar-refractivity contribution >= 4 is 11.9 Å². The standard InChI is InChI=1S/C11H18O4/c1-4-5-6-11(2)7-8(9(12)14-3)10(13)15-11/h8H,4-7H2,1-3H3/t8-,11+/m1/s1. The second-order valence-electron chi connectivity index (χ2n) is 4.25. The van der Waals surface area contributed by atoms with Crippen molar-refractivity contribution in [3.63, 3.8) is 0 Å². The molecule has 86 valence electrons. The minimum Gasteiger partial charge on any atom is -0.468 e. The van der Waals surface area contributed by atoms with E-state index in [1.165, 1.54) is 7.11 Å². The third-order valence-corrected chi connectivity index (χ3v) is 2.81. The lowest BCUT2D eigenvalue weighted by Crippen LogP contribution is -2.24. The maximum absolute atomic E-state index is 11.4.